The molecule has 0 radical (unpaired) electrons. The maximum absolute atomic E-state index is 11.9. The standard InChI is InChI=1S/C15H26N4O2/c1-3-13-14(11-19(2)18-13)17-15(20)16-9-6-8-12-7-4-5-10-21-12/h11-12H,3-10H2,1-2H3,(H2,16,17,20)/t12-/m0/s1. The van der Waals surface area contributed by atoms with E-state index in [0.29, 0.717) is 12.6 Å². The largest absolute Gasteiger partial charge is 0.378 e. The van der Waals surface area contributed by atoms with Crippen molar-refractivity contribution in [2.45, 2.75) is 51.6 Å². The average molecular weight is 294 g/mol. The molecule has 0 bridgehead atoms. The maximum atomic E-state index is 11.9. The van der Waals surface area contributed by atoms with E-state index < -0.39 is 0 Å². The van der Waals surface area contributed by atoms with Crippen LogP contribution in [0.5, 0.6) is 0 Å². The Labute approximate surface area is 126 Å². The van der Waals surface area contributed by atoms with Crippen molar-refractivity contribution in [1.29, 1.82) is 0 Å². The highest BCUT2D eigenvalue weighted by atomic mass is 16.5. The Morgan fingerprint density at radius 2 is 2.38 bits per heavy atom. The lowest BCUT2D eigenvalue weighted by Gasteiger charge is -2.22. The van der Waals surface area contributed by atoms with Gasteiger partial charge in [0.2, 0.25) is 0 Å². The van der Waals surface area contributed by atoms with Crippen molar-refractivity contribution in [2.24, 2.45) is 7.05 Å². The molecule has 2 rings (SSSR count). The number of carbonyl (C=O) groups excluding carboxylic acids is 1. The minimum Gasteiger partial charge on any atom is -0.378 e. The van der Waals surface area contributed by atoms with Crippen molar-refractivity contribution < 1.29 is 9.53 Å². The fraction of sp³-hybridized carbons (Fsp3) is 0.733. The molecule has 1 aliphatic heterocycles. The van der Waals surface area contributed by atoms with E-state index in [9.17, 15) is 4.79 Å². The molecule has 2 heterocycles. The predicted molar refractivity (Wildman–Crippen MR) is 82.4 cm³/mol. The van der Waals surface area contributed by atoms with Crippen LogP contribution in [0, 0.1) is 0 Å². The first kappa shape index (κ1) is 15.8. The monoisotopic (exact) mass is 294 g/mol. The molecule has 2 N–H and O–H groups in total. The van der Waals surface area contributed by atoms with Crippen LogP contribution in [0.15, 0.2) is 6.20 Å². The molecule has 1 aromatic rings. The molecule has 0 aromatic carbocycles. The van der Waals surface area contributed by atoms with E-state index in [0.717, 1.165) is 43.7 Å². The van der Waals surface area contributed by atoms with Crippen LogP contribution >= 0.6 is 0 Å². The van der Waals surface area contributed by atoms with Crippen LogP contribution < -0.4 is 10.6 Å². The number of amides is 2. The fourth-order valence-electron chi connectivity index (χ4n) is 2.63. The lowest BCUT2D eigenvalue weighted by molar-refractivity contribution is 0.0103. The Kier molecular flexibility index (Phi) is 6.04. The molecular weight excluding hydrogens is 268 g/mol. The number of aromatic nitrogens is 2. The summed E-state index contributed by atoms with van der Waals surface area (Å²) < 4.78 is 7.39. The van der Waals surface area contributed by atoms with Crippen LogP contribution in [-0.4, -0.2) is 35.1 Å². The predicted octanol–water partition coefficient (Wildman–Crippen LogP) is 2.45. The Morgan fingerprint density at radius 3 is 3.10 bits per heavy atom. The molecule has 1 aromatic heterocycles. The third-order valence-electron chi connectivity index (χ3n) is 3.75. The molecule has 1 fully saturated rings. The fourth-order valence-corrected chi connectivity index (χ4v) is 2.63. The van der Waals surface area contributed by atoms with Crippen molar-refractivity contribution in [3.63, 3.8) is 0 Å². The quantitative estimate of drug-likeness (QED) is 0.792. The zero-order chi connectivity index (χ0) is 15.1. The van der Waals surface area contributed by atoms with Crippen molar-refractivity contribution in [3.8, 4) is 0 Å². The molecule has 0 saturated carbocycles. The van der Waals surface area contributed by atoms with Crippen molar-refractivity contribution >= 4 is 11.7 Å². The number of nitrogens with zero attached hydrogens (tertiary/aromatic N) is 2. The van der Waals surface area contributed by atoms with Crippen LogP contribution in [-0.2, 0) is 18.2 Å². The van der Waals surface area contributed by atoms with Crippen molar-refractivity contribution in [3.05, 3.63) is 11.9 Å². The number of rotatable bonds is 6. The van der Waals surface area contributed by atoms with Crippen LogP contribution in [0.25, 0.3) is 0 Å². The zero-order valence-electron chi connectivity index (χ0n) is 13.0. The molecule has 1 atom stereocenters. The van der Waals surface area contributed by atoms with Crippen LogP contribution in [0.1, 0.15) is 44.7 Å². The van der Waals surface area contributed by atoms with Gasteiger partial charge in [-0.1, -0.05) is 6.92 Å². The molecule has 0 spiro atoms. The van der Waals surface area contributed by atoms with Gasteiger partial charge in [-0.2, -0.15) is 5.10 Å². The second-order valence-corrected chi connectivity index (χ2v) is 5.53. The van der Waals surface area contributed by atoms with Crippen LogP contribution in [0.2, 0.25) is 0 Å². The van der Waals surface area contributed by atoms with Gasteiger partial charge in [0.15, 0.2) is 0 Å². The third kappa shape index (κ3) is 5.04. The smallest absolute Gasteiger partial charge is 0.319 e. The Hall–Kier alpha value is -1.56. The van der Waals surface area contributed by atoms with E-state index >= 15 is 0 Å². The van der Waals surface area contributed by atoms with Crippen molar-refractivity contribution in [1.82, 2.24) is 15.1 Å². The van der Waals surface area contributed by atoms with Gasteiger partial charge in [0.05, 0.1) is 17.5 Å². The minimum absolute atomic E-state index is 0.165. The summed E-state index contributed by atoms with van der Waals surface area (Å²) in [5.74, 6) is 0. The summed E-state index contributed by atoms with van der Waals surface area (Å²) in [6, 6.07) is -0.165. The molecule has 21 heavy (non-hydrogen) atoms. The van der Waals surface area contributed by atoms with Gasteiger partial charge in [0, 0.05) is 26.4 Å². The topological polar surface area (TPSA) is 68.2 Å². The van der Waals surface area contributed by atoms with E-state index in [-0.39, 0.29) is 6.03 Å². The molecule has 0 aliphatic carbocycles. The highest BCUT2D eigenvalue weighted by molar-refractivity contribution is 5.89. The second kappa shape index (κ2) is 8.02. The number of ether oxygens (including phenoxy) is 1. The normalized spacial score (nSPS) is 18.5. The van der Waals surface area contributed by atoms with Gasteiger partial charge >= 0.3 is 6.03 Å². The van der Waals surface area contributed by atoms with E-state index in [1.165, 1.54) is 12.8 Å². The summed E-state index contributed by atoms with van der Waals surface area (Å²) in [6.45, 7) is 3.59. The zero-order valence-corrected chi connectivity index (χ0v) is 13.0. The molecule has 1 saturated heterocycles. The van der Waals surface area contributed by atoms with Gasteiger partial charge in [0.1, 0.15) is 0 Å². The number of urea groups is 1. The molecule has 6 heteroatoms. The van der Waals surface area contributed by atoms with Crippen LogP contribution in [0.3, 0.4) is 0 Å². The first-order valence-electron chi connectivity index (χ1n) is 7.88. The molecule has 6 nitrogen and oxygen atoms in total. The summed E-state index contributed by atoms with van der Waals surface area (Å²) >= 11 is 0. The summed E-state index contributed by atoms with van der Waals surface area (Å²) in [5.41, 5.74) is 1.69. The molecule has 0 unspecified atom stereocenters. The van der Waals surface area contributed by atoms with Gasteiger partial charge < -0.3 is 15.4 Å². The molecular formula is C15H26N4O2. The van der Waals surface area contributed by atoms with E-state index in [1.54, 1.807) is 4.68 Å². The summed E-state index contributed by atoms with van der Waals surface area (Å²) in [4.78, 5) is 11.9. The van der Waals surface area contributed by atoms with Gasteiger partial charge in [0.25, 0.3) is 0 Å². The van der Waals surface area contributed by atoms with Gasteiger partial charge in [-0.05, 0) is 38.5 Å². The first-order valence-corrected chi connectivity index (χ1v) is 7.88. The van der Waals surface area contributed by atoms with Gasteiger partial charge in [-0.25, -0.2) is 4.79 Å². The summed E-state index contributed by atoms with van der Waals surface area (Å²) in [7, 11) is 1.85. The Bertz CT molecular complexity index is 453. The highest BCUT2D eigenvalue weighted by Gasteiger charge is 2.13. The lowest BCUT2D eigenvalue weighted by atomic mass is 10.0. The SMILES string of the molecule is CCc1nn(C)cc1NC(=O)NCCC[C@@H]1CCCCO1. The number of hydrogen-bond donors (Lipinski definition) is 2. The van der Waals surface area contributed by atoms with Crippen LogP contribution in [0.4, 0.5) is 10.5 Å². The first-order chi connectivity index (χ1) is 10.2. The Morgan fingerprint density at radius 1 is 1.52 bits per heavy atom. The minimum atomic E-state index is -0.165. The number of anilines is 1. The average Bonchev–Trinajstić information content (AvgIpc) is 2.84. The number of hydrogen-bond acceptors (Lipinski definition) is 3. The van der Waals surface area contributed by atoms with E-state index in [4.69, 9.17) is 4.74 Å². The molecule has 2 amide bonds. The van der Waals surface area contributed by atoms with Crippen molar-refractivity contribution in [2.75, 3.05) is 18.5 Å². The Balaban J connectivity index is 1.65. The summed E-state index contributed by atoms with van der Waals surface area (Å²) in [5, 5.41) is 10.0. The maximum Gasteiger partial charge on any atom is 0.319 e. The number of carbonyl (C=O) groups is 1. The number of nitrogens with one attached hydrogen (secondary N) is 2. The van der Waals surface area contributed by atoms with Gasteiger partial charge in [-0.15, -0.1) is 0 Å². The number of aryl methyl sites for hydroxylation is 2. The third-order valence-corrected chi connectivity index (χ3v) is 3.75. The second-order valence-electron chi connectivity index (χ2n) is 5.53. The van der Waals surface area contributed by atoms with E-state index in [2.05, 4.69) is 15.7 Å². The lowest BCUT2D eigenvalue weighted by Crippen LogP contribution is -2.30. The summed E-state index contributed by atoms with van der Waals surface area (Å²) in [6.07, 6.45) is 8.58. The molecule has 118 valence electrons. The van der Waals surface area contributed by atoms with Gasteiger partial charge in [-0.3, -0.25) is 4.68 Å². The van der Waals surface area contributed by atoms with E-state index in [1.807, 2.05) is 20.2 Å². The highest BCUT2D eigenvalue weighted by Crippen LogP contribution is 2.16. The molecule has 1 aliphatic rings.